The summed E-state index contributed by atoms with van der Waals surface area (Å²) in [4.78, 5) is 34.9. The second kappa shape index (κ2) is 8.44. The molecule has 0 unspecified atom stereocenters. The number of aldehydes is 2. The molecule has 0 aromatic heterocycles. The van der Waals surface area contributed by atoms with E-state index < -0.39 is 0 Å². The van der Waals surface area contributed by atoms with Crippen molar-refractivity contribution in [1.82, 2.24) is 0 Å². The van der Waals surface area contributed by atoms with Crippen LogP contribution in [0.15, 0.2) is 78.9 Å². The van der Waals surface area contributed by atoms with Gasteiger partial charge >= 0.3 is 0 Å². The van der Waals surface area contributed by atoms with Gasteiger partial charge in [0.05, 0.1) is 22.6 Å². The second-order valence-corrected chi connectivity index (χ2v) is 5.59. The first-order valence-electron chi connectivity index (χ1n) is 8.23. The van der Waals surface area contributed by atoms with Gasteiger partial charge in [-0.1, -0.05) is 48.5 Å². The Labute approximate surface area is 156 Å². The molecule has 0 bridgehead atoms. The van der Waals surface area contributed by atoms with Gasteiger partial charge in [-0.3, -0.25) is 19.8 Å². The predicted octanol–water partition coefficient (Wildman–Crippen LogP) is 3.72. The highest BCUT2D eigenvalue weighted by atomic mass is 16.2. The van der Waals surface area contributed by atoms with Crippen molar-refractivity contribution in [3.8, 4) is 0 Å². The van der Waals surface area contributed by atoms with Crippen LogP contribution < -0.4 is 15.6 Å². The van der Waals surface area contributed by atoms with E-state index in [2.05, 4.69) is 5.43 Å². The first-order chi connectivity index (χ1) is 13.3. The highest BCUT2D eigenvalue weighted by Gasteiger charge is 2.21. The monoisotopic (exact) mass is 359 g/mol. The smallest absolute Gasteiger partial charge is 0.234 e. The van der Waals surface area contributed by atoms with Crippen molar-refractivity contribution >= 4 is 36.0 Å². The lowest BCUT2D eigenvalue weighted by Crippen LogP contribution is -2.46. The van der Waals surface area contributed by atoms with Crippen LogP contribution in [0.5, 0.6) is 0 Å². The average Bonchev–Trinajstić information content (AvgIpc) is 2.74. The highest BCUT2D eigenvalue weighted by Crippen LogP contribution is 2.26. The Hall–Kier alpha value is -3.93. The topological polar surface area (TPSA) is 69.7 Å². The Morgan fingerprint density at radius 1 is 0.704 bits per heavy atom. The summed E-state index contributed by atoms with van der Waals surface area (Å²) in [5.41, 5.74) is 5.20. The number of carbonyl (C=O) groups excluding carboxylic acids is 3. The molecule has 0 heterocycles. The number of benzene rings is 3. The fraction of sp³-hybridized carbons (Fsp3) is 0. The van der Waals surface area contributed by atoms with E-state index in [1.54, 1.807) is 12.1 Å². The third-order valence-electron chi connectivity index (χ3n) is 3.93. The summed E-state index contributed by atoms with van der Waals surface area (Å²) in [6.45, 7) is 0. The molecule has 1 amide bonds. The molecule has 0 aliphatic carbocycles. The van der Waals surface area contributed by atoms with Gasteiger partial charge in [-0.25, -0.2) is 5.01 Å². The van der Waals surface area contributed by atoms with Gasteiger partial charge < -0.3 is 0 Å². The number of amides is 1. The van der Waals surface area contributed by atoms with Crippen LogP contribution in [0.2, 0.25) is 0 Å². The van der Waals surface area contributed by atoms with E-state index in [1.165, 1.54) is 16.2 Å². The van der Waals surface area contributed by atoms with Gasteiger partial charge in [-0.2, -0.15) is 5.12 Å². The molecule has 3 rings (SSSR count). The van der Waals surface area contributed by atoms with Crippen molar-refractivity contribution in [2.24, 2.45) is 0 Å². The van der Waals surface area contributed by atoms with Crippen molar-refractivity contribution in [2.45, 2.75) is 0 Å². The van der Waals surface area contributed by atoms with Gasteiger partial charge in [0.15, 0.2) is 12.6 Å². The Balaban J connectivity index is 2.11. The van der Waals surface area contributed by atoms with Crippen molar-refractivity contribution < 1.29 is 14.4 Å². The molecule has 0 atom stereocenters. The molecular formula is C21H17N3O3. The Kier molecular flexibility index (Phi) is 5.59. The zero-order valence-corrected chi connectivity index (χ0v) is 14.4. The minimum absolute atomic E-state index is 0.135. The van der Waals surface area contributed by atoms with Crippen LogP contribution in [0.25, 0.3) is 0 Å². The number of para-hydroxylation sites is 2. The Morgan fingerprint density at radius 3 is 1.96 bits per heavy atom. The van der Waals surface area contributed by atoms with Gasteiger partial charge in [-0.15, -0.1) is 0 Å². The molecule has 3 aromatic carbocycles. The van der Waals surface area contributed by atoms with E-state index in [0.29, 0.717) is 24.7 Å². The lowest BCUT2D eigenvalue weighted by Gasteiger charge is -2.35. The molecule has 0 saturated carbocycles. The van der Waals surface area contributed by atoms with E-state index in [9.17, 15) is 14.4 Å². The molecule has 0 aliphatic heterocycles. The van der Waals surface area contributed by atoms with Crippen LogP contribution in [-0.4, -0.2) is 19.0 Å². The van der Waals surface area contributed by atoms with Crippen LogP contribution in [-0.2, 0) is 4.79 Å². The highest BCUT2D eigenvalue weighted by molar-refractivity contribution is 5.99. The minimum atomic E-state index is 0.135. The van der Waals surface area contributed by atoms with Gasteiger partial charge in [0.25, 0.3) is 0 Å². The number of anilines is 3. The number of hydrazine groups is 2. The number of nitrogens with one attached hydrogen (secondary N) is 1. The first kappa shape index (κ1) is 17.9. The molecule has 0 spiro atoms. The summed E-state index contributed by atoms with van der Waals surface area (Å²) >= 11 is 0. The molecule has 6 heteroatoms. The fourth-order valence-corrected chi connectivity index (χ4v) is 2.66. The second-order valence-electron chi connectivity index (χ2n) is 5.59. The molecule has 0 fully saturated rings. The molecule has 1 N–H and O–H groups in total. The maximum atomic E-state index is 12.0. The minimum Gasteiger partial charge on any atom is -0.298 e. The van der Waals surface area contributed by atoms with Gasteiger partial charge in [0, 0.05) is 5.56 Å². The number of nitrogens with zero attached hydrogens (tertiary/aromatic N) is 2. The number of rotatable bonds is 8. The van der Waals surface area contributed by atoms with E-state index in [0.717, 1.165) is 5.69 Å². The van der Waals surface area contributed by atoms with Gasteiger partial charge in [0.1, 0.15) is 0 Å². The van der Waals surface area contributed by atoms with E-state index in [-0.39, 0.29) is 16.8 Å². The zero-order valence-electron chi connectivity index (χ0n) is 14.4. The number of hydrogen-bond donors (Lipinski definition) is 1. The summed E-state index contributed by atoms with van der Waals surface area (Å²) in [6, 6.07) is 23.2. The first-order valence-corrected chi connectivity index (χ1v) is 8.23. The Bertz CT molecular complexity index is 930. The summed E-state index contributed by atoms with van der Waals surface area (Å²) in [6.07, 6.45) is 1.74. The Morgan fingerprint density at radius 2 is 1.37 bits per heavy atom. The standard InChI is InChI=1S/C21H17N3O3/c25-14-17-8-7-13-21(20(17)15-26)23(16-27)24(19-11-5-2-6-12-19)22-18-9-3-1-4-10-18/h1-16,22H. The maximum absolute atomic E-state index is 12.0. The van der Waals surface area contributed by atoms with Crippen LogP contribution in [0.4, 0.5) is 17.1 Å². The zero-order chi connectivity index (χ0) is 19.1. The predicted molar refractivity (Wildman–Crippen MR) is 105 cm³/mol. The lowest BCUT2D eigenvalue weighted by molar-refractivity contribution is -0.107. The average molecular weight is 359 g/mol. The molecule has 134 valence electrons. The van der Waals surface area contributed by atoms with E-state index in [4.69, 9.17) is 0 Å². The molecule has 0 saturated heterocycles. The third kappa shape index (κ3) is 3.85. The number of hydrogen-bond acceptors (Lipinski definition) is 5. The maximum Gasteiger partial charge on any atom is 0.234 e. The van der Waals surface area contributed by atoms with Crippen molar-refractivity contribution in [2.75, 3.05) is 15.6 Å². The molecular weight excluding hydrogens is 342 g/mol. The lowest BCUT2D eigenvalue weighted by atomic mass is 10.1. The van der Waals surface area contributed by atoms with E-state index in [1.807, 2.05) is 60.7 Å². The van der Waals surface area contributed by atoms with Gasteiger partial charge in [0.2, 0.25) is 6.41 Å². The van der Waals surface area contributed by atoms with Crippen molar-refractivity contribution in [3.05, 3.63) is 90.0 Å². The normalized spacial score (nSPS) is 9.93. The van der Waals surface area contributed by atoms with Gasteiger partial charge in [-0.05, 0) is 30.3 Å². The molecule has 3 aromatic rings. The summed E-state index contributed by atoms with van der Waals surface area (Å²) < 4.78 is 0. The van der Waals surface area contributed by atoms with Crippen LogP contribution in [0, 0.1) is 0 Å². The fourth-order valence-electron chi connectivity index (χ4n) is 2.66. The van der Waals surface area contributed by atoms with Crippen molar-refractivity contribution in [3.63, 3.8) is 0 Å². The third-order valence-corrected chi connectivity index (χ3v) is 3.93. The SMILES string of the molecule is O=Cc1cccc(N(C=O)N(Nc2ccccc2)c2ccccc2)c1C=O. The molecule has 0 aliphatic rings. The summed E-state index contributed by atoms with van der Waals surface area (Å²) in [5.74, 6) is 0. The van der Waals surface area contributed by atoms with E-state index >= 15 is 0 Å². The van der Waals surface area contributed by atoms with Crippen LogP contribution in [0.1, 0.15) is 20.7 Å². The van der Waals surface area contributed by atoms with Crippen molar-refractivity contribution in [1.29, 1.82) is 0 Å². The number of carbonyl (C=O) groups is 3. The summed E-state index contributed by atoms with van der Waals surface area (Å²) in [7, 11) is 0. The molecule has 0 radical (unpaired) electrons. The van der Waals surface area contributed by atoms with Crippen LogP contribution in [0.3, 0.4) is 0 Å². The largest absolute Gasteiger partial charge is 0.298 e. The van der Waals surface area contributed by atoms with Crippen LogP contribution >= 0.6 is 0 Å². The summed E-state index contributed by atoms with van der Waals surface area (Å²) in [5, 5.41) is 2.76. The molecule has 6 nitrogen and oxygen atoms in total. The quantitative estimate of drug-likeness (QED) is 0.490. The molecule has 27 heavy (non-hydrogen) atoms.